The molecule has 0 radical (unpaired) electrons. The summed E-state index contributed by atoms with van der Waals surface area (Å²) < 4.78 is 1.57. The van der Waals surface area contributed by atoms with E-state index in [2.05, 4.69) is 48.9 Å². The van der Waals surface area contributed by atoms with E-state index in [1.54, 1.807) is 6.21 Å². The summed E-state index contributed by atoms with van der Waals surface area (Å²) in [7, 11) is 2.11. The Balaban J connectivity index is 2.09. The molecule has 1 N–H and O–H groups in total. The molecule has 1 aliphatic heterocycles. The normalized spacial score (nSPS) is 17.6. The molecule has 1 saturated heterocycles. The summed E-state index contributed by atoms with van der Waals surface area (Å²) in [5.41, 5.74) is 0.704. The van der Waals surface area contributed by atoms with Crippen molar-refractivity contribution in [2.24, 2.45) is 5.10 Å². The summed E-state index contributed by atoms with van der Waals surface area (Å²) >= 11 is 6.71. The van der Waals surface area contributed by atoms with E-state index in [9.17, 15) is 5.11 Å². The predicted octanol–water partition coefficient (Wildman–Crippen LogP) is 2.50. The molecule has 0 spiro atoms. The van der Waals surface area contributed by atoms with Crippen molar-refractivity contribution in [2.45, 2.75) is 0 Å². The van der Waals surface area contributed by atoms with Crippen LogP contribution in [0.3, 0.4) is 0 Å². The molecule has 0 aromatic heterocycles. The summed E-state index contributed by atoms with van der Waals surface area (Å²) in [5, 5.41) is 16.3. The van der Waals surface area contributed by atoms with E-state index in [4.69, 9.17) is 0 Å². The lowest BCUT2D eigenvalue weighted by atomic mass is 10.2. The Hall–Kier alpha value is -0.590. The van der Waals surface area contributed by atoms with E-state index in [1.165, 1.54) is 0 Å². The number of benzene rings is 1. The number of hydrogen-bond acceptors (Lipinski definition) is 4. The van der Waals surface area contributed by atoms with Gasteiger partial charge in [-0.15, -0.1) is 0 Å². The first-order valence-corrected chi connectivity index (χ1v) is 7.30. The Kier molecular flexibility index (Phi) is 4.64. The second-order valence-electron chi connectivity index (χ2n) is 4.33. The number of halogens is 2. The molecule has 0 amide bonds. The number of hydrazone groups is 1. The minimum atomic E-state index is 0.219. The zero-order chi connectivity index (χ0) is 13.1. The lowest BCUT2D eigenvalue weighted by Gasteiger charge is -2.30. The molecule has 4 nitrogen and oxygen atoms in total. The highest BCUT2D eigenvalue weighted by molar-refractivity contribution is 9.11. The van der Waals surface area contributed by atoms with Crippen molar-refractivity contribution in [1.29, 1.82) is 0 Å². The molecule has 0 aliphatic carbocycles. The molecule has 1 aliphatic rings. The van der Waals surface area contributed by atoms with Crippen LogP contribution in [-0.2, 0) is 0 Å². The molecule has 18 heavy (non-hydrogen) atoms. The fourth-order valence-electron chi connectivity index (χ4n) is 1.74. The number of piperazine rings is 1. The van der Waals surface area contributed by atoms with Gasteiger partial charge in [-0.25, -0.2) is 0 Å². The third kappa shape index (κ3) is 3.46. The molecular weight excluding hydrogens is 362 g/mol. The van der Waals surface area contributed by atoms with Crippen molar-refractivity contribution in [1.82, 2.24) is 9.91 Å². The highest BCUT2D eigenvalue weighted by Crippen LogP contribution is 2.30. The Bertz CT molecular complexity index is 457. The fourth-order valence-corrected chi connectivity index (χ4v) is 3.00. The first kappa shape index (κ1) is 13.8. The highest BCUT2D eigenvalue weighted by Gasteiger charge is 2.11. The number of aromatic hydroxyl groups is 1. The smallest absolute Gasteiger partial charge is 0.138 e. The Labute approximate surface area is 124 Å². The average molecular weight is 377 g/mol. The summed E-state index contributed by atoms with van der Waals surface area (Å²) in [6.07, 6.45) is 1.70. The van der Waals surface area contributed by atoms with Crippen LogP contribution in [0.2, 0.25) is 0 Å². The van der Waals surface area contributed by atoms with Crippen LogP contribution in [0, 0.1) is 0 Å². The van der Waals surface area contributed by atoms with Gasteiger partial charge < -0.3 is 10.0 Å². The quantitative estimate of drug-likeness (QED) is 0.806. The van der Waals surface area contributed by atoms with Gasteiger partial charge in [-0.05, 0) is 35.1 Å². The second-order valence-corrected chi connectivity index (χ2v) is 6.10. The molecule has 6 heteroatoms. The van der Waals surface area contributed by atoms with Crippen molar-refractivity contribution in [3.8, 4) is 5.75 Å². The molecule has 0 unspecified atom stereocenters. The topological polar surface area (TPSA) is 39.1 Å². The van der Waals surface area contributed by atoms with Crippen LogP contribution in [0.1, 0.15) is 5.56 Å². The van der Waals surface area contributed by atoms with E-state index in [0.29, 0.717) is 10.0 Å². The summed E-state index contributed by atoms with van der Waals surface area (Å²) in [6, 6.07) is 3.65. The summed E-state index contributed by atoms with van der Waals surface area (Å²) in [4.78, 5) is 2.28. The Morgan fingerprint density at radius 2 is 1.89 bits per heavy atom. The minimum Gasteiger partial charge on any atom is -0.506 e. The van der Waals surface area contributed by atoms with Gasteiger partial charge in [0, 0.05) is 36.2 Å². The second kappa shape index (κ2) is 6.04. The zero-order valence-electron chi connectivity index (χ0n) is 10.1. The summed E-state index contributed by atoms with van der Waals surface area (Å²) in [5.74, 6) is 0.219. The van der Waals surface area contributed by atoms with Crippen molar-refractivity contribution in [3.63, 3.8) is 0 Å². The van der Waals surface area contributed by atoms with Gasteiger partial charge in [0.15, 0.2) is 0 Å². The standard InChI is InChI=1S/C12H15Br2N3O/c1-16-2-4-17(5-3-16)15-8-9-6-10(13)7-11(14)12(9)18/h6-8,18H,2-5H2,1H3. The molecule has 98 valence electrons. The number of hydrogen-bond donors (Lipinski definition) is 1. The Morgan fingerprint density at radius 1 is 1.22 bits per heavy atom. The molecule has 0 bridgehead atoms. The third-order valence-corrected chi connectivity index (χ3v) is 3.96. The number of rotatable bonds is 2. The maximum absolute atomic E-state index is 9.91. The van der Waals surface area contributed by atoms with Gasteiger partial charge in [0.05, 0.1) is 10.7 Å². The van der Waals surface area contributed by atoms with E-state index in [0.717, 1.165) is 30.7 Å². The van der Waals surface area contributed by atoms with Crippen molar-refractivity contribution >= 4 is 38.1 Å². The van der Waals surface area contributed by atoms with E-state index < -0.39 is 0 Å². The van der Waals surface area contributed by atoms with Crippen LogP contribution in [0.4, 0.5) is 0 Å². The van der Waals surface area contributed by atoms with Gasteiger partial charge in [0.2, 0.25) is 0 Å². The molecule has 0 saturated carbocycles. The van der Waals surface area contributed by atoms with Crippen molar-refractivity contribution < 1.29 is 5.11 Å². The summed E-state index contributed by atoms with van der Waals surface area (Å²) in [6.45, 7) is 3.88. The van der Waals surface area contributed by atoms with Gasteiger partial charge in [-0.2, -0.15) is 5.10 Å². The van der Waals surface area contributed by atoms with Gasteiger partial charge in [0.25, 0.3) is 0 Å². The maximum atomic E-state index is 9.91. The van der Waals surface area contributed by atoms with Crippen LogP contribution in [0.5, 0.6) is 5.75 Å². The van der Waals surface area contributed by atoms with Gasteiger partial charge in [-0.1, -0.05) is 15.9 Å². The lowest BCUT2D eigenvalue weighted by Crippen LogP contribution is -2.41. The zero-order valence-corrected chi connectivity index (χ0v) is 13.3. The monoisotopic (exact) mass is 375 g/mol. The van der Waals surface area contributed by atoms with Crippen LogP contribution in [0.25, 0.3) is 0 Å². The molecule has 0 atom stereocenters. The SMILES string of the molecule is CN1CCN(N=Cc2cc(Br)cc(Br)c2O)CC1. The average Bonchev–Trinajstić information content (AvgIpc) is 2.34. The van der Waals surface area contributed by atoms with Crippen LogP contribution < -0.4 is 0 Å². The largest absolute Gasteiger partial charge is 0.506 e. The van der Waals surface area contributed by atoms with Crippen LogP contribution >= 0.6 is 31.9 Å². The fraction of sp³-hybridized carbons (Fsp3) is 0.417. The van der Waals surface area contributed by atoms with Crippen LogP contribution in [0.15, 0.2) is 26.2 Å². The molecule has 2 rings (SSSR count). The maximum Gasteiger partial charge on any atom is 0.138 e. The van der Waals surface area contributed by atoms with Gasteiger partial charge >= 0.3 is 0 Å². The minimum absolute atomic E-state index is 0.219. The lowest BCUT2D eigenvalue weighted by molar-refractivity contribution is 0.159. The molecular formula is C12H15Br2N3O. The van der Waals surface area contributed by atoms with E-state index in [1.807, 2.05) is 17.1 Å². The predicted molar refractivity (Wildman–Crippen MR) is 80.2 cm³/mol. The van der Waals surface area contributed by atoms with Crippen LogP contribution in [-0.4, -0.2) is 54.5 Å². The molecule has 1 fully saturated rings. The first-order valence-electron chi connectivity index (χ1n) is 5.72. The Morgan fingerprint density at radius 3 is 2.56 bits per heavy atom. The number of phenolic OH excluding ortho intramolecular Hbond substituents is 1. The molecule has 1 aromatic rings. The van der Waals surface area contributed by atoms with Gasteiger partial charge in [-0.3, -0.25) is 5.01 Å². The van der Waals surface area contributed by atoms with Crippen molar-refractivity contribution in [2.75, 3.05) is 33.2 Å². The number of likely N-dealkylation sites (N-methyl/N-ethyl adjacent to an activating group) is 1. The molecule has 1 aromatic carbocycles. The van der Waals surface area contributed by atoms with Crippen molar-refractivity contribution in [3.05, 3.63) is 26.6 Å². The molecule has 1 heterocycles. The highest BCUT2D eigenvalue weighted by atomic mass is 79.9. The number of nitrogens with zero attached hydrogens (tertiary/aromatic N) is 3. The third-order valence-electron chi connectivity index (χ3n) is 2.90. The number of phenols is 1. The first-order chi connectivity index (χ1) is 8.56. The van der Waals surface area contributed by atoms with E-state index >= 15 is 0 Å². The van der Waals surface area contributed by atoms with Gasteiger partial charge in [0.1, 0.15) is 5.75 Å². The van der Waals surface area contributed by atoms with E-state index in [-0.39, 0.29) is 5.75 Å².